The fourth-order valence-corrected chi connectivity index (χ4v) is 6.31. The number of carbonyl (C=O) groups excluding carboxylic acids is 3. The predicted molar refractivity (Wildman–Crippen MR) is 206 cm³/mol. The molecule has 9 heteroatoms. The minimum atomic E-state index is -0.820. The number of carbonyl (C=O) groups is 3. The Kier molecular flexibility index (Phi) is 32.5. The highest BCUT2D eigenvalue weighted by atomic mass is 16.5. The molecular weight excluding hydrogens is 614 g/mol. The molecule has 0 spiro atoms. The lowest BCUT2D eigenvalue weighted by atomic mass is 10.0. The highest BCUT2D eigenvalue weighted by Crippen LogP contribution is 2.16. The van der Waals surface area contributed by atoms with E-state index in [0.717, 1.165) is 19.3 Å². The molecule has 0 aromatic rings. The Labute approximate surface area is 301 Å². The first kappa shape index (κ1) is 46.7. The predicted octanol–water partition coefficient (Wildman–Crippen LogP) is 9.00. The third kappa shape index (κ3) is 32.6. The molecule has 2 atom stereocenters. The number of nitrogens with one attached hydrogen (secondary N) is 2. The fourth-order valence-electron chi connectivity index (χ4n) is 6.31. The van der Waals surface area contributed by atoms with Crippen LogP contribution in [0.25, 0.3) is 0 Å². The maximum Gasteiger partial charge on any atom is 0.328 e. The molecule has 6 N–H and O–H groups in total. The molecule has 0 aliphatic carbocycles. The Bertz CT molecular complexity index is 831. The van der Waals surface area contributed by atoms with E-state index < -0.39 is 18.1 Å². The molecule has 0 aromatic heterocycles. The van der Waals surface area contributed by atoms with E-state index in [4.69, 9.17) is 16.2 Å². The van der Waals surface area contributed by atoms with E-state index in [-0.39, 0.29) is 23.7 Å². The van der Waals surface area contributed by atoms with Crippen LogP contribution in [0.3, 0.4) is 0 Å². The molecule has 0 radical (unpaired) electrons. The summed E-state index contributed by atoms with van der Waals surface area (Å²) in [5, 5.41) is 5.49. The number of nitrogens with two attached hydrogens (primary N) is 2. The van der Waals surface area contributed by atoms with E-state index in [9.17, 15) is 14.4 Å². The van der Waals surface area contributed by atoms with Gasteiger partial charge in [0, 0.05) is 13.5 Å². The Morgan fingerprint density at radius 3 is 1.37 bits per heavy atom. The Hall–Kier alpha value is -2.32. The molecule has 0 heterocycles. The van der Waals surface area contributed by atoms with Crippen molar-refractivity contribution >= 4 is 23.7 Å². The van der Waals surface area contributed by atoms with Crippen molar-refractivity contribution in [2.45, 2.75) is 213 Å². The summed E-state index contributed by atoms with van der Waals surface area (Å²) in [6.45, 7) is 8.30. The molecule has 0 rings (SSSR count). The van der Waals surface area contributed by atoms with Crippen molar-refractivity contribution in [1.29, 1.82) is 0 Å². The number of hydrogen-bond donors (Lipinski definition) is 4. The summed E-state index contributed by atoms with van der Waals surface area (Å²) in [4.78, 5) is 41.5. The molecule has 2 amide bonds. The Morgan fingerprint density at radius 2 is 1.00 bits per heavy atom. The topological polar surface area (TPSA) is 149 Å². The van der Waals surface area contributed by atoms with Crippen molar-refractivity contribution in [3.63, 3.8) is 0 Å². The van der Waals surface area contributed by atoms with Crippen LogP contribution in [0.1, 0.15) is 201 Å². The molecule has 0 unspecified atom stereocenters. The third-order valence-electron chi connectivity index (χ3n) is 9.19. The van der Waals surface area contributed by atoms with E-state index in [1.807, 2.05) is 13.8 Å². The first-order chi connectivity index (χ1) is 23.7. The molecule has 0 saturated carbocycles. The molecule has 288 valence electrons. The smallest absolute Gasteiger partial charge is 0.328 e. The van der Waals surface area contributed by atoms with Crippen LogP contribution in [0.4, 0.5) is 0 Å². The summed E-state index contributed by atoms with van der Waals surface area (Å²) in [5.41, 5.74) is 10.8. The van der Waals surface area contributed by atoms with Crippen molar-refractivity contribution in [3.05, 3.63) is 0 Å². The van der Waals surface area contributed by atoms with Crippen molar-refractivity contribution in [2.24, 2.45) is 22.4 Å². The molecule has 9 nitrogen and oxygen atoms in total. The van der Waals surface area contributed by atoms with Crippen molar-refractivity contribution in [2.75, 3.05) is 13.2 Å². The maximum absolute atomic E-state index is 13.0. The van der Waals surface area contributed by atoms with E-state index in [1.54, 1.807) is 0 Å². The standard InChI is InChI=1S/C40H79N5O4/c1-5-6-7-8-9-10-11-12-13-14-15-16-17-18-19-20-21-22-23-24-25-26-27-28-32-49-39(48)36(30-29-31-43-40(41)42)45-38(47)37(33-34(2)3)44-35(4)46/h34,36-37H,5-33H2,1-4H3,(H,44,46)(H,45,47)(H4,41,42,43)/t36-,37-/m0/s1. The summed E-state index contributed by atoms with van der Waals surface area (Å²) in [6, 6.07) is -1.53. The van der Waals surface area contributed by atoms with Gasteiger partial charge in [-0.15, -0.1) is 0 Å². The number of unbranched alkanes of at least 4 members (excludes halogenated alkanes) is 23. The highest BCUT2D eigenvalue weighted by molar-refractivity contribution is 5.90. The van der Waals surface area contributed by atoms with Gasteiger partial charge in [0.15, 0.2) is 5.96 Å². The van der Waals surface area contributed by atoms with Gasteiger partial charge in [0.05, 0.1) is 6.61 Å². The fraction of sp³-hybridized carbons (Fsp3) is 0.900. The van der Waals surface area contributed by atoms with Gasteiger partial charge in [-0.25, -0.2) is 4.79 Å². The van der Waals surface area contributed by atoms with Crippen LogP contribution in [0, 0.1) is 5.92 Å². The van der Waals surface area contributed by atoms with Gasteiger partial charge >= 0.3 is 5.97 Å². The normalized spacial score (nSPS) is 12.4. The van der Waals surface area contributed by atoms with E-state index in [0.29, 0.717) is 32.4 Å². The second kappa shape index (κ2) is 34.1. The molecule has 0 saturated heterocycles. The monoisotopic (exact) mass is 694 g/mol. The third-order valence-corrected chi connectivity index (χ3v) is 9.19. The van der Waals surface area contributed by atoms with E-state index >= 15 is 0 Å². The first-order valence-corrected chi connectivity index (χ1v) is 20.5. The molecular formula is C40H79N5O4. The number of aliphatic imine (C=N–C) groups is 1. The molecule has 0 aliphatic heterocycles. The maximum atomic E-state index is 13.0. The van der Waals surface area contributed by atoms with Crippen molar-refractivity contribution in [3.8, 4) is 0 Å². The molecule has 0 fully saturated rings. The zero-order valence-electron chi connectivity index (χ0n) is 32.5. The van der Waals surface area contributed by atoms with Gasteiger partial charge in [-0.2, -0.15) is 0 Å². The van der Waals surface area contributed by atoms with Gasteiger partial charge in [-0.3, -0.25) is 14.6 Å². The van der Waals surface area contributed by atoms with Gasteiger partial charge in [0.2, 0.25) is 11.8 Å². The minimum absolute atomic E-state index is 0.0128. The van der Waals surface area contributed by atoms with Crippen LogP contribution in [0.15, 0.2) is 4.99 Å². The lowest BCUT2D eigenvalue weighted by molar-refractivity contribution is -0.148. The molecule has 0 bridgehead atoms. The number of esters is 1. The summed E-state index contributed by atoms with van der Waals surface area (Å²) in [5.74, 6) is -0.955. The van der Waals surface area contributed by atoms with Crippen LogP contribution in [0.5, 0.6) is 0 Å². The number of hydrogen-bond acceptors (Lipinski definition) is 5. The van der Waals surface area contributed by atoms with Crippen LogP contribution in [-0.4, -0.2) is 49.0 Å². The lowest BCUT2D eigenvalue weighted by Gasteiger charge is -2.23. The van der Waals surface area contributed by atoms with Gasteiger partial charge in [-0.1, -0.05) is 168 Å². The van der Waals surface area contributed by atoms with Gasteiger partial charge < -0.3 is 26.8 Å². The minimum Gasteiger partial charge on any atom is -0.464 e. The summed E-state index contributed by atoms with van der Waals surface area (Å²) >= 11 is 0. The van der Waals surface area contributed by atoms with Gasteiger partial charge in [0.25, 0.3) is 0 Å². The molecule has 0 aromatic carbocycles. The molecule has 0 aliphatic rings. The van der Waals surface area contributed by atoms with Gasteiger partial charge in [-0.05, 0) is 31.6 Å². The van der Waals surface area contributed by atoms with Crippen molar-refractivity contribution < 1.29 is 19.1 Å². The Balaban J connectivity index is 3.90. The summed E-state index contributed by atoms with van der Waals surface area (Å²) in [7, 11) is 0. The zero-order chi connectivity index (χ0) is 36.4. The average molecular weight is 694 g/mol. The van der Waals surface area contributed by atoms with Crippen LogP contribution in [0.2, 0.25) is 0 Å². The number of ether oxygens (including phenoxy) is 1. The van der Waals surface area contributed by atoms with Crippen molar-refractivity contribution in [1.82, 2.24) is 10.6 Å². The van der Waals surface area contributed by atoms with E-state index in [1.165, 1.54) is 142 Å². The summed E-state index contributed by atoms with van der Waals surface area (Å²) < 4.78 is 5.55. The second-order valence-corrected chi connectivity index (χ2v) is 14.7. The number of rotatable bonds is 35. The second-order valence-electron chi connectivity index (χ2n) is 14.7. The molecule has 49 heavy (non-hydrogen) atoms. The average Bonchev–Trinajstić information content (AvgIpc) is 3.05. The zero-order valence-corrected chi connectivity index (χ0v) is 32.5. The largest absolute Gasteiger partial charge is 0.464 e. The number of amides is 2. The first-order valence-electron chi connectivity index (χ1n) is 20.5. The number of nitrogens with zero attached hydrogens (tertiary/aromatic N) is 1. The number of guanidine groups is 1. The highest BCUT2D eigenvalue weighted by Gasteiger charge is 2.27. The van der Waals surface area contributed by atoms with Crippen LogP contribution >= 0.6 is 0 Å². The summed E-state index contributed by atoms with van der Waals surface area (Å²) in [6.07, 6.45) is 33.5. The Morgan fingerprint density at radius 1 is 0.592 bits per heavy atom. The van der Waals surface area contributed by atoms with Crippen LogP contribution in [-0.2, 0) is 19.1 Å². The van der Waals surface area contributed by atoms with Crippen LogP contribution < -0.4 is 22.1 Å². The quantitative estimate of drug-likeness (QED) is 0.0225. The SMILES string of the molecule is CCCCCCCCCCCCCCCCCCCCCCCCCCOC(=O)[C@H](CCCN=C(N)N)NC(=O)[C@H](CC(C)C)NC(C)=O. The van der Waals surface area contributed by atoms with Gasteiger partial charge in [0.1, 0.15) is 12.1 Å². The lowest BCUT2D eigenvalue weighted by Crippen LogP contribution is -2.52. The van der Waals surface area contributed by atoms with E-state index in [2.05, 4.69) is 22.5 Å².